The fourth-order valence-corrected chi connectivity index (χ4v) is 4.12. The van der Waals surface area contributed by atoms with Crippen LogP contribution in [0.2, 0.25) is 10.0 Å². The van der Waals surface area contributed by atoms with Gasteiger partial charge in [-0.25, -0.2) is 9.88 Å². The van der Waals surface area contributed by atoms with E-state index in [4.69, 9.17) is 23.2 Å². The van der Waals surface area contributed by atoms with E-state index in [1.165, 1.54) is 0 Å². The van der Waals surface area contributed by atoms with Crippen molar-refractivity contribution in [1.82, 2.24) is 9.55 Å². The third-order valence-electron chi connectivity index (χ3n) is 4.58. The summed E-state index contributed by atoms with van der Waals surface area (Å²) in [5.41, 5.74) is 0.892. The number of carbonyl (C=O) groups excluding carboxylic acids is 1. The molecule has 1 amide bonds. The van der Waals surface area contributed by atoms with E-state index in [-0.39, 0.29) is 5.91 Å². The summed E-state index contributed by atoms with van der Waals surface area (Å²) in [5, 5.41) is 0.944. The van der Waals surface area contributed by atoms with Crippen LogP contribution in [0.4, 0.5) is 11.6 Å². The highest BCUT2D eigenvalue weighted by molar-refractivity contribution is 9.10. The number of anilines is 2. The number of fused-ring (bicyclic) bond motifs is 1. The van der Waals surface area contributed by atoms with Crippen LogP contribution in [0, 0.1) is 0 Å². The SMILES string of the molecule is C[C@@]1(Cc2ccc(Br)cc2)C(=O)N(c2cc(Cl)cc(Cl)c2)c2nccn21. The summed E-state index contributed by atoms with van der Waals surface area (Å²) in [6.07, 6.45) is 4.08. The van der Waals surface area contributed by atoms with E-state index in [1.807, 2.05) is 42.0 Å². The number of aromatic nitrogens is 2. The molecule has 0 radical (unpaired) electrons. The van der Waals surface area contributed by atoms with Gasteiger partial charge in [0.1, 0.15) is 5.54 Å². The Balaban J connectivity index is 1.79. The Labute approximate surface area is 169 Å². The first-order chi connectivity index (χ1) is 12.4. The van der Waals surface area contributed by atoms with Crippen molar-refractivity contribution in [2.45, 2.75) is 18.9 Å². The van der Waals surface area contributed by atoms with E-state index >= 15 is 0 Å². The Morgan fingerprint density at radius 2 is 1.77 bits per heavy atom. The average Bonchev–Trinajstić information content (AvgIpc) is 3.12. The molecule has 0 spiro atoms. The lowest BCUT2D eigenvalue weighted by Crippen LogP contribution is -2.40. The van der Waals surface area contributed by atoms with E-state index in [1.54, 1.807) is 29.3 Å². The van der Waals surface area contributed by atoms with Crippen molar-refractivity contribution in [3.63, 3.8) is 0 Å². The number of nitrogens with zero attached hydrogens (tertiary/aromatic N) is 3. The number of amides is 1. The van der Waals surface area contributed by atoms with E-state index < -0.39 is 5.54 Å². The van der Waals surface area contributed by atoms with E-state index in [0.29, 0.717) is 28.1 Å². The van der Waals surface area contributed by atoms with Gasteiger partial charge in [0.05, 0.1) is 5.69 Å². The largest absolute Gasteiger partial charge is 0.301 e. The van der Waals surface area contributed by atoms with Gasteiger partial charge in [0, 0.05) is 33.3 Å². The zero-order valence-corrected chi connectivity index (χ0v) is 16.9. The van der Waals surface area contributed by atoms with Gasteiger partial charge < -0.3 is 4.57 Å². The molecule has 132 valence electrons. The van der Waals surface area contributed by atoms with Crippen LogP contribution in [-0.4, -0.2) is 15.5 Å². The molecule has 1 aliphatic rings. The normalized spacial score (nSPS) is 19.1. The Bertz CT molecular complexity index is 982. The number of rotatable bonds is 3. The van der Waals surface area contributed by atoms with Crippen molar-refractivity contribution in [3.05, 3.63) is 74.9 Å². The topological polar surface area (TPSA) is 38.1 Å². The quantitative estimate of drug-likeness (QED) is 0.521. The zero-order chi connectivity index (χ0) is 18.5. The predicted octanol–water partition coefficient (Wildman–Crippen LogP) is 5.59. The van der Waals surface area contributed by atoms with Crippen LogP contribution < -0.4 is 4.90 Å². The maximum atomic E-state index is 13.4. The first-order valence-corrected chi connectivity index (χ1v) is 9.52. The molecule has 2 heterocycles. The van der Waals surface area contributed by atoms with Gasteiger partial charge in [-0.2, -0.15) is 0 Å². The maximum absolute atomic E-state index is 13.4. The summed E-state index contributed by atoms with van der Waals surface area (Å²) in [5.74, 6) is 0.495. The molecule has 4 nitrogen and oxygen atoms in total. The van der Waals surface area contributed by atoms with Gasteiger partial charge in [0.25, 0.3) is 5.91 Å². The Hall–Kier alpha value is -1.82. The fourth-order valence-electron chi connectivity index (χ4n) is 3.34. The molecule has 1 aliphatic heterocycles. The molecule has 0 saturated heterocycles. The minimum absolute atomic E-state index is 0.0677. The van der Waals surface area contributed by atoms with Crippen LogP contribution in [-0.2, 0) is 16.8 Å². The summed E-state index contributed by atoms with van der Waals surface area (Å²) >= 11 is 15.7. The molecular weight excluding hydrogens is 437 g/mol. The summed E-state index contributed by atoms with van der Waals surface area (Å²) in [7, 11) is 0. The second-order valence-electron chi connectivity index (χ2n) is 6.44. The molecule has 0 N–H and O–H groups in total. The van der Waals surface area contributed by atoms with Crippen molar-refractivity contribution >= 4 is 56.7 Å². The molecule has 4 rings (SSSR count). The van der Waals surface area contributed by atoms with Crippen LogP contribution >= 0.6 is 39.1 Å². The minimum Gasteiger partial charge on any atom is -0.301 e. The van der Waals surface area contributed by atoms with Gasteiger partial charge in [-0.05, 0) is 42.8 Å². The van der Waals surface area contributed by atoms with Crippen LogP contribution in [0.15, 0.2) is 59.3 Å². The Kier molecular flexibility index (Phi) is 4.34. The highest BCUT2D eigenvalue weighted by Gasteiger charge is 2.48. The molecule has 7 heteroatoms. The van der Waals surface area contributed by atoms with Gasteiger partial charge in [0.15, 0.2) is 0 Å². The molecule has 0 unspecified atom stereocenters. The summed E-state index contributed by atoms with van der Waals surface area (Å²) in [6.45, 7) is 1.93. The Morgan fingerprint density at radius 3 is 2.42 bits per heavy atom. The zero-order valence-electron chi connectivity index (χ0n) is 13.8. The minimum atomic E-state index is -0.783. The lowest BCUT2D eigenvalue weighted by Gasteiger charge is -2.25. The van der Waals surface area contributed by atoms with E-state index in [2.05, 4.69) is 20.9 Å². The summed E-state index contributed by atoms with van der Waals surface area (Å²) in [4.78, 5) is 19.4. The standard InChI is InChI=1S/C19H14BrCl2N3O/c1-19(11-12-2-4-13(20)5-3-12)17(26)25(18-23-6-7-24(18)19)16-9-14(21)8-15(22)10-16/h2-10H,11H2,1H3/t19-/m1/s1. The highest BCUT2D eigenvalue weighted by Crippen LogP contribution is 2.42. The number of hydrogen-bond donors (Lipinski definition) is 0. The van der Waals surface area contributed by atoms with Crippen LogP contribution in [0.25, 0.3) is 0 Å². The molecule has 1 atom stereocenters. The first kappa shape index (κ1) is 17.6. The fraction of sp³-hybridized carbons (Fsp3) is 0.158. The lowest BCUT2D eigenvalue weighted by atomic mass is 9.92. The van der Waals surface area contributed by atoms with Crippen LogP contribution in [0.5, 0.6) is 0 Å². The molecular formula is C19H14BrCl2N3O. The second kappa shape index (κ2) is 6.41. The van der Waals surface area contributed by atoms with Crippen molar-refractivity contribution < 1.29 is 4.79 Å². The van der Waals surface area contributed by atoms with Crippen LogP contribution in [0.1, 0.15) is 12.5 Å². The van der Waals surface area contributed by atoms with Crippen molar-refractivity contribution in [2.75, 3.05) is 4.90 Å². The number of hydrogen-bond acceptors (Lipinski definition) is 2. The number of imidazole rings is 1. The van der Waals surface area contributed by atoms with Gasteiger partial charge in [0.2, 0.25) is 5.95 Å². The molecule has 3 aromatic rings. The third-order valence-corrected chi connectivity index (χ3v) is 5.55. The predicted molar refractivity (Wildman–Crippen MR) is 107 cm³/mol. The molecule has 0 bridgehead atoms. The summed E-state index contributed by atoms with van der Waals surface area (Å²) < 4.78 is 2.91. The van der Waals surface area contributed by atoms with Crippen LogP contribution in [0.3, 0.4) is 0 Å². The number of benzene rings is 2. The number of halogens is 3. The van der Waals surface area contributed by atoms with E-state index in [9.17, 15) is 4.79 Å². The average molecular weight is 451 g/mol. The molecule has 26 heavy (non-hydrogen) atoms. The smallest absolute Gasteiger partial charge is 0.260 e. The molecule has 0 saturated carbocycles. The molecule has 1 aromatic heterocycles. The second-order valence-corrected chi connectivity index (χ2v) is 8.23. The van der Waals surface area contributed by atoms with Gasteiger partial charge in [-0.3, -0.25) is 4.79 Å². The maximum Gasteiger partial charge on any atom is 0.260 e. The molecule has 0 fully saturated rings. The molecule has 0 aliphatic carbocycles. The van der Waals surface area contributed by atoms with Crippen molar-refractivity contribution in [3.8, 4) is 0 Å². The summed E-state index contributed by atoms with van der Waals surface area (Å²) in [6, 6.07) is 13.0. The van der Waals surface area contributed by atoms with Gasteiger partial charge in [-0.1, -0.05) is 51.3 Å². The first-order valence-electron chi connectivity index (χ1n) is 7.97. The Morgan fingerprint density at radius 1 is 1.12 bits per heavy atom. The van der Waals surface area contributed by atoms with Crippen molar-refractivity contribution in [2.24, 2.45) is 0 Å². The third kappa shape index (κ3) is 2.84. The number of carbonyl (C=O) groups is 1. The van der Waals surface area contributed by atoms with Gasteiger partial charge in [-0.15, -0.1) is 0 Å². The monoisotopic (exact) mass is 449 g/mol. The van der Waals surface area contributed by atoms with Crippen molar-refractivity contribution in [1.29, 1.82) is 0 Å². The molecule has 2 aromatic carbocycles. The highest BCUT2D eigenvalue weighted by atomic mass is 79.9. The van der Waals surface area contributed by atoms with Gasteiger partial charge >= 0.3 is 0 Å². The van der Waals surface area contributed by atoms with E-state index in [0.717, 1.165) is 10.0 Å². The lowest BCUT2D eigenvalue weighted by molar-refractivity contribution is -0.123.